The minimum atomic E-state index is -0.607. The first-order valence-electron chi connectivity index (χ1n) is 9.80. The normalized spacial score (nSPS) is 18.9. The van der Waals surface area contributed by atoms with E-state index in [-0.39, 0.29) is 35.9 Å². The lowest BCUT2D eigenvalue weighted by Crippen LogP contribution is -2.49. The fourth-order valence-electron chi connectivity index (χ4n) is 3.67. The van der Waals surface area contributed by atoms with Crippen LogP contribution >= 0.6 is 0 Å². The number of furan rings is 1. The highest BCUT2D eigenvalue weighted by Crippen LogP contribution is 2.23. The van der Waals surface area contributed by atoms with Crippen LogP contribution in [-0.2, 0) is 9.53 Å². The molecule has 3 rings (SSSR count). The number of ether oxygens (including phenoxy) is 1. The molecule has 1 aromatic heterocycles. The van der Waals surface area contributed by atoms with E-state index in [0.29, 0.717) is 5.69 Å². The fraction of sp³-hybridized carbons (Fsp3) is 0.409. The SMILES string of the molecule is Cc1ccc(C(=O)OCC(=O)N2[C@H](C)CCC[C@@H]2C)cc1NC(=O)c1ccco1. The molecule has 154 valence electrons. The van der Waals surface area contributed by atoms with E-state index in [0.717, 1.165) is 24.8 Å². The van der Waals surface area contributed by atoms with Gasteiger partial charge in [-0.3, -0.25) is 9.59 Å². The third-order valence-corrected chi connectivity index (χ3v) is 5.27. The van der Waals surface area contributed by atoms with E-state index in [1.54, 1.807) is 29.2 Å². The molecule has 0 radical (unpaired) electrons. The van der Waals surface area contributed by atoms with Crippen LogP contribution in [0.4, 0.5) is 5.69 Å². The summed E-state index contributed by atoms with van der Waals surface area (Å²) in [5.41, 5.74) is 1.52. The van der Waals surface area contributed by atoms with Crippen LogP contribution in [0.5, 0.6) is 0 Å². The van der Waals surface area contributed by atoms with Gasteiger partial charge in [0.05, 0.1) is 11.8 Å². The Hall–Kier alpha value is -3.09. The standard InChI is InChI=1S/C22H26N2O5/c1-14-9-10-17(12-18(14)23-21(26)19-8-5-11-28-19)22(27)29-13-20(25)24-15(2)6-4-7-16(24)3/h5,8-12,15-16H,4,6-7,13H2,1-3H3,(H,23,26)/t15-,16+. The molecule has 0 spiro atoms. The van der Waals surface area contributed by atoms with Gasteiger partial charge in [-0.05, 0) is 69.9 Å². The monoisotopic (exact) mass is 398 g/mol. The number of aryl methyl sites for hydroxylation is 1. The molecule has 7 nitrogen and oxygen atoms in total. The zero-order valence-corrected chi connectivity index (χ0v) is 16.9. The molecule has 1 aliphatic rings. The fourth-order valence-corrected chi connectivity index (χ4v) is 3.67. The molecule has 0 bridgehead atoms. The van der Waals surface area contributed by atoms with E-state index in [9.17, 15) is 14.4 Å². The Balaban J connectivity index is 1.63. The van der Waals surface area contributed by atoms with E-state index in [1.807, 2.05) is 20.8 Å². The Labute approximate surface area is 170 Å². The van der Waals surface area contributed by atoms with Crippen molar-refractivity contribution in [2.75, 3.05) is 11.9 Å². The lowest BCUT2D eigenvalue weighted by molar-refractivity contribution is -0.140. The third-order valence-electron chi connectivity index (χ3n) is 5.27. The van der Waals surface area contributed by atoms with Crippen LogP contribution in [0.3, 0.4) is 0 Å². The molecule has 2 aromatic rings. The zero-order chi connectivity index (χ0) is 21.0. The number of likely N-dealkylation sites (tertiary alicyclic amines) is 1. The van der Waals surface area contributed by atoms with Gasteiger partial charge >= 0.3 is 5.97 Å². The molecule has 0 saturated carbocycles. The Kier molecular flexibility index (Phi) is 6.36. The number of amides is 2. The Morgan fingerprint density at radius 1 is 1.17 bits per heavy atom. The van der Waals surface area contributed by atoms with Crippen LogP contribution in [-0.4, -0.2) is 41.4 Å². The van der Waals surface area contributed by atoms with Crippen LogP contribution < -0.4 is 5.32 Å². The average Bonchev–Trinajstić information content (AvgIpc) is 3.22. The van der Waals surface area contributed by atoms with Crippen LogP contribution in [0.15, 0.2) is 41.0 Å². The number of benzene rings is 1. The first-order valence-corrected chi connectivity index (χ1v) is 9.80. The maximum atomic E-state index is 12.5. The minimum absolute atomic E-state index is 0.146. The Morgan fingerprint density at radius 2 is 1.90 bits per heavy atom. The predicted octanol–water partition coefficient (Wildman–Crippen LogP) is 3.79. The Morgan fingerprint density at radius 3 is 2.55 bits per heavy atom. The van der Waals surface area contributed by atoms with Crippen LogP contribution in [0.25, 0.3) is 0 Å². The Bertz CT molecular complexity index is 881. The summed E-state index contributed by atoms with van der Waals surface area (Å²) in [7, 11) is 0. The second-order valence-electron chi connectivity index (χ2n) is 7.47. The maximum absolute atomic E-state index is 12.5. The summed E-state index contributed by atoms with van der Waals surface area (Å²) in [4.78, 5) is 39.0. The minimum Gasteiger partial charge on any atom is -0.459 e. The van der Waals surface area contributed by atoms with Gasteiger partial charge in [0.15, 0.2) is 12.4 Å². The number of nitrogens with zero attached hydrogens (tertiary/aromatic N) is 1. The molecule has 1 aromatic carbocycles. The second-order valence-corrected chi connectivity index (χ2v) is 7.47. The van der Waals surface area contributed by atoms with Crippen molar-refractivity contribution in [3.05, 3.63) is 53.5 Å². The van der Waals surface area contributed by atoms with Gasteiger partial charge in [0.2, 0.25) is 0 Å². The first-order chi connectivity index (χ1) is 13.9. The van der Waals surface area contributed by atoms with Crippen molar-refractivity contribution < 1.29 is 23.5 Å². The van der Waals surface area contributed by atoms with E-state index >= 15 is 0 Å². The quantitative estimate of drug-likeness (QED) is 0.774. The molecular formula is C22H26N2O5. The van der Waals surface area contributed by atoms with Gasteiger partial charge in [0.25, 0.3) is 11.8 Å². The van der Waals surface area contributed by atoms with Gasteiger partial charge in [-0.25, -0.2) is 4.79 Å². The number of hydrogen-bond acceptors (Lipinski definition) is 5. The molecule has 7 heteroatoms. The molecule has 1 saturated heterocycles. The smallest absolute Gasteiger partial charge is 0.338 e. The van der Waals surface area contributed by atoms with Gasteiger partial charge in [0.1, 0.15) is 0 Å². The molecule has 1 N–H and O–H groups in total. The van der Waals surface area contributed by atoms with Gasteiger partial charge in [-0.1, -0.05) is 6.07 Å². The number of carbonyl (C=O) groups is 3. The summed E-state index contributed by atoms with van der Waals surface area (Å²) in [6.07, 6.45) is 4.43. The molecule has 1 fully saturated rings. The van der Waals surface area contributed by atoms with Gasteiger partial charge in [0, 0.05) is 17.8 Å². The second kappa shape index (κ2) is 8.94. The summed E-state index contributed by atoms with van der Waals surface area (Å²) < 4.78 is 10.3. The van der Waals surface area contributed by atoms with E-state index < -0.39 is 11.9 Å². The first kappa shape index (κ1) is 20.6. The zero-order valence-electron chi connectivity index (χ0n) is 16.9. The summed E-state index contributed by atoms with van der Waals surface area (Å²) in [6.45, 7) is 5.55. The number of carbonyl (C=O) groups excluding carboxylic acids is 3. The van der Waals surface area contributed by atoms with Crippen LogP contribution in [0, 0.1) is 6.92 Å². The van der Waals surface area contributed by atoms with E-state index in [2.05, 4.69) is 5.32 Å². The summed E-state index contributed by atoms with van der Waals surface area (Å²) in [5.74, 6) is -1.03. The molecule has 2 amide bonds. The number of piperidine rings is 1. The van der Waals surface area contributed by atoms with Crippen LogP contribution in [0.2, 0.25) is 0 Å². The summed E-state index contributed by atoms with van der Waals surface area (Å²) in [5, 5.41) is 2.72. The van der Waals surface area contributed by atoms with E-state index in [4.69, 9.17) is 9.15 Å². The van der Waals surface area contributed by atoms with Crippen molar-refractivity contribution in [2.24, 2.45) is 0 Å². The van der Waals surface area contributed by atoms with Crippen molar-refractivity contribution in [1.82, 2.24) is 4.90 Å². The van der Waals surface area contributed by atoms with Gasteiger partial charge in [-0.15, -0.1) is 0 Å². The molecule has 0 aliphatic carbocycles. The molecule has 29 heavy (non-hydrogen) atoms. The molecule has 2 atom stereocenters. The number of rotatable bonds is 5. The number of hydrogen-bond donors (Lipinski definition) is 1. The summed E-state index contributed by atoms with van der Waals surface area (Å²) >= 11 is 0. The highest BCUT2D eigenvalue weighted by atomic mass is 16.5. The predicted molar refractivity (Wildman–Crippen MR) is 108 cm³/mol. The van der Waals surface area contributed by atoms with Crippen molar-refractivity contribution >= 4 is 23.5 Å². The average molecular weight is 398 g/mol. The number of anilines is 1. The van der Waals surface area contributed by atoms with Crippen molar-refractivity contribution in [1.29, 1.82) is 0 Å². The highest BCUT2D eigenvalue weighted by Gasteiger charge is 2.29. The van der Waals surface area contributed by atoms with Crippen LogP contribution in [0.1, 0.15) is 59.6 Å². The largest absolute Gasteiger partial charge is 0.459 e. The lowest BCUT2D eigenvalue weighted by atomic mass is 9.97. The molecule has 0 unspecified atom stereocenters. The molecule has 1 aliphatic heterocycles. The third kappa shape index (κ3) is 4.85. The van der Waals surface area contributed by atoms with Crippen molar-refractivity contribution in [3.8, 4) is 0 Å². The topological polar surface area (TPSA) is 88.9 Å². The molecular weight excluding hydrogens is 372 g/mol. The highest BCUT2D eigenvalue weighted by molar-refractivity contribution is 6.03. The number of esters is 1. The van der Waals surface area contributed by atoms with Gasteiger partial charge < -0.3 is 19.4 Å². The van der Waals surface area contributed by atoms with Crippen molar-refractivity contribution in [3.63, 3.8) is 0 Å². The van der Waals surface area contributed by atoms with E-state index in [1.165, 1.54) is 12.3 Å². The maximum Gasteiger partial charge on any atom is 0.338 e. The lowest BCUT2D eigenvalue weighted by Gasteiger charge is -2.38. The summed E-state index contributed by atoms with van der Waals surface area (Å²) in [6, 6.07) is 8.32. The number of nitrogens with one attached hydrogen (secondary N) is 1. The molecule has 2 heterocycles. The van der Waals surface area contributed by atoms with Gasteiger partial charge in [-0.2, -0.15) is 0 Å². The van der Waals surface area contributed by atoms with Crippen molar-refractivity contribution in [2.45, 2.75) is 52.1 Å².